The number of fused-ring (bicyclic) bond motifs is 2. The number of benzene rings is 1. The van der Waals surface area contributed by atoms with E-state index < -0.39 is 11.3 Å². The van der Waals surface area contributed by atoms with Crippen LogP contribution >= 0.6 is 0 Å². The zero-order valence-electron chi connectivity index (χ0n) is 19.8. The lowest BCUT2D eigenvalue weighted by molar-refractivity contribution is 0.0999. The van der Waals surface area contributed by atoms with E-state index in [1.807, 2.05) is 6.07 Å². The van der Waals surface area contributed by atoms with Gasteiger partial charge in [-0.2, -0.15) is 4.98 Å². The first kappa shape index (κ1) is 22.5. The number of piperazine rings is 1. The smallest absolute Gasteiger partial charge is 0.254 e. The van der Waals surface area contributed by atoms with E-state index in [1.165, 1.54) is 23.5 Å². The molecule has 1 fully saturated rings. The fraction of sp³-hybridized carbons (Fsp3) is 0.440. The summed E-state index contributed by atoms with van der Waals surface area (Å²) >= 11 is 0. The number of pyridine rings is 1. The quantitative estimate of drug-likeness (QED) is 0.576. The number of rotatable bonds is 6. The van der Waals surface area contributed by atoms with Gasteiger partial charge in [-0.25, -0.2) is 4.98 Å². The van der Waals surface area contributed by atoms with Crippen LogP contribution in [-0.4, -0.2) is 69.6 Å². The number of nitrogens with zero attached hydrogens (tertiary/aromatic N) is 5. The van der Waals surface area contributed by atoms with E-state index in [1.54, 1.807) is 4.57 Å². The molecular formula is C25H31N7O2. The van der Waals surface area contributed by atoms with Crippen molar-refractivity contribution < 1.29 is 4.79 Å². The van der Waals surface area contributed by atoms with E-state index in [-0.39, 0.29) is 17.1 Å². The van der Waals surface area contributed by atoms with Crippen LogP contribution in [0.2, 0.25) is 0 Å². The molecule has 1 unspecified atom stereocenters. The first-order valence-electron chi connectivity index (χ1n) is 12.0. The third kappa shape index (κ3) is 4.17. The van der Waals surface area contributed by atoms with Gasteiger partial charge in [0.05, 0.1) is 11.6 Å². The molecule has 0 radical (unpaired) electrons. The van der Waals surface area contributed by atoms with Gasteiger partial charge in [-0.05, 0) is 56.0 Å². The van der Waals surface area contributed by atoms with Gasteiger partial charge >= 0.3 is 0 Å². The van der Waals surface area contributed by atoms with Crippen LogP contribution in [-0.2, 0) is 12.8 Å². The minimum Gasteiger partial charge on any atom is -0.365 e. The Kier molecular flexibility index (Phi) is 6.05. The number of likely N-dealkylation sites (N-methyl/N-ethyl adjacent to an activating group) is 1. The van der Waals surface area contributed by atoms with Crippen LogP contribution in [0.1, 0.15) is 41.3 Å². The highest BCUT2D eigenvalue weighted by molar-refractivity contribution is 5.96. The number of primary amides is 1. The van der Waals surface area contributed by atoms with Gasteiger partial charge in [-0.1, -0.05) is 13.0 Å². The highest BCUT2D eigenvalue weighted by Crippen LogP contribution is 2.26. The highest BCUT2D eigenvalue weighted by atomic mass is 16.2. The van der Waals surface area contributed by atoms with E-state index in [0.29, 0.717) is 11.6 Å². The Balaban J connectivity index is 1.57. The Hall–Kier alpha value is -3.30. The van der Waals surface area contributed by atoms with Crippen molar-refractivity contribution >= 4 is 22.9 Å². The molecule has 3 aromatic rings. The molecule has 3 heterocycles. The van der Waals surface area contributed by atoms with E-state index in [4.69, 9.17) is 10.7 Å². The summed E-state index contributed by atoms with van der Waals surface area (Å²) in [7, 11) is 2.14. The Morgan fingerprint density at radius 1 is 1.18 bits per heavy atom. The second-order valence-electron chi connectivity index (χ2n) is 9.25. The fourth-order valence-corrected chi connectivity index (χ4v) is 4.99. The molecule has 1 aromatic carbocycles. The maximum atomic E-state index is 13.0. The summed E-state index contributed by atoms with van der Waals surface area (Å²) < 4.78 is 1.79. The summed E-state index contributed by atoms with van der Waals surface area (Å²) in [5.41, 5.74) is 8.96. The van der Waals surface area contributed by atoms with Gasteiger partial charge in [-0.3, -0.25) is 14.5 Å². The lowest BCUT2D eigenvalue weighted by atomic mass is 10.1. The molecule has 5 rings (SSSR count). The molecule has 0 bridgehead atoms. The molecule has 1 amide bonds. The van der Waals surface area contributed by atoms with Crippen LogP contribution in [0.25, 0.3) is 16.7 Å². The van der Waals surface area contributed by atoms with Crippen molar-refractivity contribution in [3.8, 4) is 5.69 Å². The monoisotopic (exact) mass is 461 g/mol. The molecule has 0 saturated carbocycles. The largest absolute Gasteiger partial charge is 0.365 e. The van der Waals surface area contributed by atoms with E-state index in [0.717, 1.165) is 57.5 Å². The summed E-state index contributed by atoms with van der Waals surface area (Å²) in [6.07, 6.45) is 7.23. The third-order valence-corrected chi connectivity index (χ3v) is 7.03. The molecule has 1 aliphatic heterocycles. The van der Waals surface area contributed by atoms with Crippen LogP contribution in [0, 0.1) is 0 Å². The number of nitrogens with two attached hydrogens (primary N) is 1. The molecule has 9 nitrogen and oxygen atoms in total. The highest BCUT2D eigenvalue weighted by Gasteiger charge is 2.23. The number of nitrogens with one attached hydrogen (secondary N) is 1. The van der Waals surface area contributed by atoms with Gasteiger partial charge in [0, 0.05) is 44.3 Å². The molecule has 1 atom stereocenters. The molecule has 0 spiro atoms. The average Bonchev–Trinajstić information content (AvgIpc) is 3.31. The minimum atomic E-state index is -0.759. The second kappa shape index (κ2) is 9.15. The van der Waals surface area contributed by atoms with Crippen LogP contribution in [0.5, 0.6) is 0 Å². The normalized spacial score (nSPS) is 17.6. The van der Waals surface area contributed by atoms with Gasteiger partial charge in [0.1, 0.15) is 5.56 Å². The lowest BCUT2D eigenvalue weighted by Crippen LogP contribution is -2.51. The topological polar surface area (TPSA) is 109 Å². The summed E-state index contributed by atoms with van der Waals surface area (Å²) in [6.45, 7) is 6.11. The third-order valence-electron chi connectivity index (χ3n) is 7.03. The molecular weight excluding hydrogens is 430 g/mol. The van der Waals surface area contributed by atoms with Gasteiger partial charge in [0.15, 0.2) is 5.65 Å². The molecule has 2 aromatic heterocycles. The molecule has 2 aliphatic rings. The zero-order valence-corrected chi connectivity index (χ0v) is 19.8. The predicted octanol–water partition coefficient (Wildman–Crippen LogP) is 1.76. The molecule has 178 valence electrons. The number of hydrogen-bond acceptors (Lipinski definition) is 7. The van der Waals surface area contributed by atoms with Crippen LogP contribution in [0.4, 0.5) is 5.95 Å². The fourth-order valence-electron chi connectivity index (χ4n) is 4.99. The molecule has 1 aliphatic carbocycles. The minimum absolute atomic E-state index is 0.0684. The van der Waals surface area contributed by atoms with E-state index in [9.17, 15) is 9.59 Å². The predicted molar refractivity (Wildman–Crippen MR) is 132 cm³/mol. The average molecular weight is 462 g/mol. The zero-order chi connectivity index (χ0) is 23.8. The maximum absolute atomic E-state index is 13.0. The van der Waals surface area contributed by atoms with Gasteiger partial charge in [0.25, 0.3) is 5.91 Å². The first-order chi connectivity index (χ1) is 16.4. The van der Waals surface area contributed by atoms with Crippen molar-refractivity contribution in [2.45, 2.75) is 38.8 Å². The standard InChI is InChI=1S/C25H31N7O2/c1-3-21(31-11-9-30(2)10-12-31)28-25-27-14-19-22(33)20(23(26)34)15-32(24(19)29-25)18-8-7-16-5-4-6-17(16)13-18/h7-8,13-15,21H,3-6,9-12H2,1-2H3,(H2,26,34)(H,27,28,29). The van der Waals surface area contributed by atoms with Crippen LogP contribution in [0.15, 0.2) is 35.4 Å². The van der Waals surface area contributed by atoms with Crippen molar-refractivity contribution in [2.75, 3.05) is 38.5 Å². The van der Waals surface area contributed by atoms with Gasteiger partial charge < -0.3 is 20.5 Å². The van der Waals surface area contributed by atoms with Crippen LogP contribution < -0.4 is 16.5 Å². The molecule has 1 saturated heterocycles. The van der Waals surface area contributed by atoms with E-state index in [2.05, 4.69) is 46.2 Å². The number of anilines is 1. The Bertz CT molecular complexity index is 1290. The second-order valence-corrected chi connectivity index (χ2v) is 9.25. The molecule has 9 heteroatoms. The summed E-state index contributed by atoms with van der Waals surface area (Å²) in [5, 5.41) is 3.73. The van der Waals surface area contributed by atoms with Crippen molar-refractivity contribution in [1.82, 2.24) is 24.3 Å². The lowest BCUT2D eigenvalue weighted by Gasteiger charge is -2.37. The summed E-state index contributed by atoms with van der Waals surface area (Å²) in [5.74, 6) is -0.301. The van der Waals surface area contributed by atoms with Crippen molar-refractivity contribution in [3.63, 3.8) is 0 Å². The Morgan fingerprint density at radius 2 is 1.94 bits per heavy atom. The Labute approximate surface area is 198 Å². The number of amides is 1. The van der Waals surface area contributed by atoms with Crippen molar-refractivity contribution in [2.24, 2.45) is 5.73 Å². The number of hydrogen-bond donors (Lipinski definition) is 2. The number of carbonyl (C=O) groups excluding carboxylic acids is 1. The first-order valence-corrected chi connectivity index (χ1v) is 12.0. The number of aryl methyl sites for hydroxylation is 2. The van der Waals surface area contributed by atoms with Crippen LogP contribution in [0.3, 0.4) is 0 Å². The maximum Gasteiger partial charge on any atom is 0.254 e. The van der Waals surface area contributed by atoms with Gasteiger partial charge in [-0.15, -0.1) is 0 Å². The molecule has 34 heavy (non-hydrogen) atoms. The number of carbonyl (C=O) groups is 1. The summed E-state index contributed by atoms with van der Waals surface area (Å²) in [4.78, 5) is 38.9. The number of aromatic nitrogens is 3. The van der Waals surface area contributed by atoms with Crippen molar-refractivity contribution in [3.05, 3.63) is 57.5 Å². The SMILES string of the molecule is CCC(Nc1ncc2c(=O)c(C(N)=O)cn(-c3ccc4c(c3)CCC4)c2n1)N1CCN(C)CC1. The van der Waals surface area contributed by atoms with Crippen molar-refractivity contribution in [1.29, 1.82) is 0 Å². The Morgan fingerprint density at radius 3 is 2.68 bits per heavy atom. The molecule has 3 N–H and O–H groups in total. The van der Waals surface area contributed by atoms with E-state index >= 15 is 0 Å². The summed E-state index contributed by atoms with van der Waals surface area (Å²) in [6, 6.07) is 6.24. The van der Waals surface area contributed by atoms with Gasteiger partial charge in [0.2, 0.25) is 11.4 Å².